The van der Waals surface area contributed by atoms with Crippen LogP contribution in [0.25, 0.3) is 32.3 Å². The molecule has 0 radical (unpaired) electrons. The third-order valence-electron chi connectivity index (χ3n) is 9.23. The molecule has 0 amide bonds. The third-order valence-corrected chi connectivity index (χ3v) is 9.23. The number of rotatable bonds is 6. The monoisotopic (exact) mass is 581 g/mol. The van der Waals surface area contributed by atoms with Gasteiger partial charge in [0.05, 0.1) is 24.0 Å². The molecular weight excluding hydrogens is 550 g/mol. The van der Waals surface area contributed by atoms with Gasteiger partial charge < -0.3 is 9.13 Å². The molecule has 0 atom stereocenters. The van der Waals surface area contributed by atoms with E-state index in [9.17, 15) is 4.79 Å². The van der Waals surface area contributed by atoms with E-state index in [1.165, 1.54) is 0 Å². The molecule has 0 aliphatic heterocycles. The van der Waals surface area contributed by atoms with Crippen LogP contribution in [0.5, 0.6) is 0 Å². The second-order valence-electron chi connectivity index (χ2n) is 11.6. The van der Waals surface area contributed by atoms with Gasteiger partial charge in [0.1, 0.15) is 5.54 Å². The van der Waals surface area contributed by atoms with Crippen molar-refractivity contribution in [3.63, 3.8) is 0 Å². The van der Waals surface area contributed by atoms with Crippen LogP contribution in [0, 0.1) is 6.92 Å². The van der Waals surface area contributed by atoms with Crippen molar-refractivity contribution >= 4 is 32.3 Å². The van der Waals surface area contributed by atoms with Crippen molar-refractivity contribution in [3.05, 3.63) is 197 Å². The van der Waals surface area contributed by atoms with Gasteiger partial charge in [0.2, 0.25) is 0 Å². The summed E-state index contributed by atoms with van der Waals surface area (Å²) in [6.07, 6.45) is 3.86. The average molecular weight is 582 g/mol. The van der Waals surface area contributed by atoms with E-state index in [1.807, 2.05) is 30.7 Å². The number of pyridine rings is 1. The van der Waals surface area contributed by atoms with Crippen LogP contribution in [0.4, 0.5) is 0 Å². The van der Waals surface area contributed by atoms with Crippen LogP contribution in [0.15, 0.2) is 163 Å². The minimum Gasteiger partial charge on any atom is -0.316 e. The van der Waals surface area contributed by atoms with E-state index in [0.717, 1.165) is 60.4 Å². The Labute approximate surface area is 261 Å². The molecule has 0 N–H and O–H groups in total. The maximum Gasteiger partial charge on any atom is 0.259 e. The molecule has 0 bridgehead atoms. The van der Waals surface area contributed by atoms with Gasteiger partial charge in [-0.2, -0.15) is 0 Å². The van der Waals surface area contributed by atoms with Gasteiger partial charge in [-0.3, -0.25) is 4.79 Å². The summed E-state index contributed by atoms with van der Waals surface area (Å²) in [6, 6.07) is 50.4. The van der Waals surface area contributed by atoms with Gasteiger partial charge >= 0.3 is 0 Å². The summed E-state index contributed by atoms with van der Waals surface area (Å²) in [5.41, 5.74) is 4.59. The van der Waals surface area contributed by atoms with Crippen LogP contribution >= 0.6 is 0 Å². The van der Waals surface area contributed by atoms with Crippen molar-refractivity contribution < 1.29 is 0 Å². The zero-order valence-electron chi connectivity index (χ0n) is 25.0. The SMILES string of the molecule is Cc1c(Cn2ccc3c4ccccc4c4ccccc4c3c2=O)ncn1C(c1ccccc1)(c1ccccc1)c1ccccc1. The molecule has 8 aromatic rings. The number of hydrogen-bond donors (Lipinski definition) is 0. The van der Waals surface area contributed by atoms with E-state index in [-0.39, 0.29) is 5.56 Å². The predicted molar refractivity (Wildman–Crippen MR) is 184 cm³/mol. The molecule has 2 aromatic heterocycles. The lowest BCUT2D eigenvalue weighted by Gasteiger charge is -2.38. The fraction of sp³-hybridized carbons (Fsp3) is 0.0732. The molecule has 8 rings (SSSR count). The van der Waals surface area contributed by atoms with E-state index in [2.05, 4.69) is 139 Å². The lowest BCUT2D eigenvalue weighted by molar-refractivity contribution is 0.502. The highest BCUT2D eigenvalue weighted by molar-refractivity contribution is 6.24. The zero-order chi connectivity index (χ0) is 30.4. The molecule has 0 unspecified atom stereocenters. The number of hydrogen-bond acceptors (Lipinski definition) is 2. The fourth-order valence-corrected chi connectivity index (χ4v) is 7.13. The van der Waals surface area contributed by atoms with Crippen LogP contribution in [0.1, 0.15) is 28.1 Å². The molecule has 0 saturated carbocycles. The summed E-state index contributed by atoms with van der Waals surface area (Å²) in [5.74, 6) is 0. The molecule has 0 saturated heterocycles. The number of nitrogens with zero attached hydrogens (tertiary/aromatic N) is 3. The maximum absolute atomic E-state index is 14.3. The summed E-state index contributed by atoms with van der Waals surface area (Å²) >= 11 is 0. The molecule has 0 fully saturated rings. The Morgan fingerprint density at radius 1 is 0.556 bits per heavy atom. The van der Waals surface area contributed by atoms with Gasteiger partial charge in [0.15, 0.2) is 0 Å². The number of benzene rings is 6. The molecule has 4 heteroatoms. The van der Waals surface area contributed by atoms with Crippen LogP contribution in [-0.2, 0) is 12.1 Å². The third kappa shape index (κ3) is 4.14. The second-order valence-corrected chi connectivity index (χ2v) is 11.6. The Hall–Kier alpha value is -5.74. The van der Waals surface area contributed by atoms with Gasteiger partial charge in [-0.05, 0) is 56.6 Å². The van der Waals surface area contributed by atoms with Crippen LogP contribution in [0.3, 0.4) is 0 Å². The number of fused-ring (bicyclic) bond motifs is 6. The first-order valence-electron chi connectivity index (χ1n) is 15.3. The minimum absolute atomic E-state index is 0.0103. The minimum atomic E-state index is -0.664. The highest BCUT2D eigenvalue weighted by Crippen LogP contribution is 2.42. The maximum atomic E-state index is 14.3. The van der Waals surface area contributed by atoms with Gasteiger partial charge in [-0.1, -0.05) is 140 Å². The highest BCUT2D eigenvalue weighted by Gasteiger charge is 2.39. The summed E-state index contributed by atoms with van der Waals surface area (Å²) in [5, 5.41) is 6.04. The van der Waals surface area contributed by atoms with Crippen molar-refractivity contribution in [3.8, 4) is 0 Å². The number of aromatic nitrogens is 3. The first-order valence-corrected chi connectivity index (χ1v) is 15.3. The van der Waals surface area contributed by atoms with Crippen LogP contribution < -0.4 is 5.56 Å². The smallest absolute Gasteiger partial charge is 0.259 e. The van der Waals surface area contributed by atoms with E-state index in [0.29, 0.717) is 6.54 Å². The van der Waals surface area contributed by atoms with Crippen molar-refractivity contribution in [2.45, 2.75) is 19.0 Å². The van der Waals surface area contributed by atoms with Gasteiger partial charge in [-0.15, -0.1) is 0 Å². The van der Waals surface area contributed by atoms with Crippen molar-refractivity contribution in [1.29, 1.82) is 0 Å². The molecule has 4 nitrogen and oxygen atoms in total. The molecular formula is C41H31N3O. The Bertz CT molecular complexity index is 2240. The van der Waals surface area contributed by atoms with E-state index in [1.54, 1.807) is 4.57 Å². The lowest BCUT2D eigenvalue weighted by Crippen LogP contribution is -2.38. The summed E-state index contributed by atoms with van der Waals surface area (Å²) in [7, 11) is 0. The van der Waals surface area contributed by atoms with Crippen molar-refractivity contribution in [2.24, 2.45) is 0 Å². The molecule has 216 valence electrons. The molecule has 0 spiro atoms. The Morgan fingerprint density at radius 3 is 1.49 bits per heavy atom. The molecule has 6 aromatic carbocycles. The van der Waals surface area contributed by atoms with E-state index < -0.39 is 5.54 Å². The topological polar surface area (TPSA) is 39.8 Å². The quantitative estimate of drug-likeness (QED) is 0.146. The highest BCUT2D eigenvalue weighted by atomic mass is 16.1. The molecule has 45 heavy (non-hydrogen) atoms. The standard InChI is InChI=1S/C41H31N3O/c1-29-38(27-43-26-25-37-35-23-12-11-21-33(35)34-22-13-14-24-36(34)39(37)40(43)45)42-28-44(29)41(30-15-5-2-6-16-30,31-17-7-3-8-18-31)32-19-9-4-10-20-32/h2-26,28H,27H2,1H3. The van der Waals surface area contributed by atoms with Crippen LogP contribution in [-0.4, -0.2) is 14.1 Å². The molecule has 0 aliphatic rings. The first kappa shape index (κ1) is 26.9. The van der Waals surface area contributed by atoms with Crippen LogP contribution in [0.2, 0.25) is 0 Å². The van der Waals surface area contributed by atoms with Gasteiger partial charge in [-0.25, -0.2) is 4.98 Å². The fourth-order valence-electron chi connectivity index (χ4n) is 7.13. The Kier molecular flexibility index (Phi) is 6.42. The molecule has 2 heterocycles. The second kappa shape index (κ2) is 10.8. The summed E-state index contributed by atoms with van der Waals surface area (Å²) in [4.78, 5) is 19.3. The predicted octanol–water partition coefficient (Wildman–Crippen LogP) is 8.70. The van der Waals surface area contributed by atoms with Crippen molar-refractivity contribution in [2.75, 3.05) is 0 Å². The lowest BCUT2D eigenvalue weighted by atomic mass is 9.76. The van der Waals surface area contributed by atoms with Gasteiger partial charge in [0.25, 0.3) is 5.56 Å². The Morgan fingerprint density at radius 2 is 0.978 bits per heavy atom. The van der Waals surface area contributed by atoms with Gasteiger partial charge in [0, 0.05) is 11.9 Å². The summed E-state index contributed by atoms with van der Waals surface area (Å²) in [6.45, 7) is 2.48. The van der Waals surface area contributed by atoms with E-state index >= 15 is 0 Å². The normalized spacial score (nSPS) is 11.8. The number of imidazole rings is 1. The zero-order valence-corrected chi connectivity index (χ0v) is 25.0. The summed E-state index contributed by atoms with van der Waals surface area (Å²) < 4.78 is 4.08. The van der Waals surface area contributed by atoms with Crippen molar-refractivity contribution in [1.82, 2.24) is 14.1 Å². The largest absolute Gasteiger partial charge is 0.316 e. The average Bonchev–Trinajstić information content (AvgIpc) is 3.47. The first-order chi connectivity index (χ1) is 22.2. The Balaban J connectivity index is 1.33. The van der Waals surface area contributed by atoms with E-state index in [4.69, 9.17) is 4.98 Å². The molecule has 0 aliphatic carbocycles.